The van der Waals surface area contributed by atoms with Crippen molar-refractivity contribution >= 4 is 5.91 Å². The van der Waals surface area contributed by atoms with Gasteiger partial charge >= 0.3 is 0 Å². The molecule has 1 amide bonds. The normalized spacial score (nSPS) is 15.8. The summed E-state index contributed by atoms with van der Waals surface area (Å²) in [6.45, 7) is 2.66. The van der Waals surface area contributed by atoms with Crippen LogP contribution in [0.15, 0.2) is 59.4 Å². The second-order valence-corrected chi connectivity index (χ2v) is 7.87. The van der Waals surface area contributed by atoms with E-state index in [9.17, 15) is 9.59 Å². The first kappa shape index (κ1) is 20.1. The van der Waals surface area contributed by atoms with Crippen LogP contribution in [0.25, 0.3) is 11.4 Å². The number of amides is 1. The summed E-state index contributed by atoms with van der Waals surface area (Å²) in [5, 5.41) is 3.07. The Bertz CT molecular complexity index is 1070. The quantitative estimate of drug-likeness (QED) is 0.639. The zero-order chi connectivity index (χ0) is 20.9. The van der Waals surface area contributed by atoms with Crippen molar-refractivity contribution < 1.29 is 4.79 Å². The number of fused-ring (bicyclic) bond motifs is 1. The molecular weight excluding hydrogens is 374 g/mol. The first-order valence-corrected chi connectivity index (χ1v) is 10.7. The van der Waals surface area contributed by atoms with Gasteiger partial charge in [0, 0.05) is 23.6 Å². The van der Waals surface area contributed by atoms with Gasteiger partial charge in [-0.05, 0) is 43.2 Å². The zero-order valence-corrected chi connectivity index (χ0v) is 17.3. The van der Waals surface area contributed by atoms with E-state index in [2.05, 4.69) is 41.5 Å². The molecule has 0 aliphatic heterocycles. The van der Waals surface area contributed by atoms with Gasteiger partial charge < -0.3 is 10.3 Å². The van der Waals surface area contributed by atoms with E-state index in [1.54, 1.807) is 0 Å². The fraction of sp³-hybridized carbons (Fsp3) is 0.320. The van der Waals surface area contributed by atoms with Crippen molar-refractivity contribution in [3.8, 4) is 11.4 Å². The van der Waals surface area contributed by atoms with E-state index >= 15 is 0 Å². The molecule has 5 nitrogen and oxygen atoms in total. The summed E-state index contributed by atoms with van der Waals surface area (Å²) in [7, 11) is 0. The Labute approximate surface area is 176 Å². The highest BCUT2D eigenvalue weighted by Crippen LogP contribution is 2.23. The number of aromatic nitrogens is 2. The molecule has 30 heavy (non-hydrogen) atoms. The van der Waals surface area contributed by atoms with E-state index in [1.165, 1.54) is 5.56 Å². The number of nitrogens with one attached hydrogen (secondary N) is 2. The SMILES string of the molecule is CCc1ccc(CNC(=O)C2CCc3nc(-c4ccccc4)[nH]c(=O)c3CC2)cc1. The molecule has 0 saturated carbocycles. The fourth-order valence-corrected chi connectivity index (χ4v) is 4.00. The summed E-state index contributed by atoms with van der Waals surface area (Å²) < 4.78 is 0. The Kier molecular flexibility index (Phi) is 6.07. The number of carbonyl (C=O) groups is 1. The third kappa shape index (κ3) is 4.51. The Balaban J connectivity index is 1.42. The van der Waals surface area contributed by atoms with Crippen LogP contribution in [0.5, 0.6) is 0 Å². The largest absolute Gasteiger partial charge is 0.352 e. The molecule has 1 atom stereocenters. The monoisotopic (exact) mass is 401 g/mol. The van der Waals surface area contributed by atoms with Gasteiger partial charge in [0.2, 0.25) is 5.91 Å². The zero-order valence-electron chi connectivity index (χ0n) is 17.3. The standard InChI is InChI=1S/C25H27N3O2/c1-2-17-8-10-18(11-9-17)16-26-24(29)20-12-14-21-22(15-13-20)27-23(28-25(21)30)19-6-4-3-5-7-19/h3-11,20H,2,12-16H2,1H3,(H,26,29)(H,27,28,30). The van der Waals surface area contributed by atoms with Crippen molar-refractivity contribution in [2.24, 2.45) is 5.92 Å². The highest BCUT2D eigenvalue weighted by atomic mass is 16.2. The van der Waals surface area contributed by atoms with E-state index in [1.807, 2.05) is 30.3 Å². The molecule has 154 valence electrons. The van der Waals surface area contributed by atoms with Gasteiger partial charge in [0.15, 0.2) is 0 Å². The van der Waals surface area contributed by atoms with Gasteiger partial charge in [-0.1, -0.05) is 61.5 Å². The van der Waals surface area contributed by atoms with Crippen LogP contribution < -0.4 is 10.9 Å². The summed E-state index contributed by atoms with van der Waals surface area (Å²) in [4.78, 5) is 33.0. The molecule has 5 heteroatoms. The lowest BCUT2D eigenvalue weighted by atomic mass is 9.98. The van der Waals surface area contributed by atoms with Crippen LogP contribution in [-0.4, -0.2) is 15.9 Å². The predicted octanol–water partition coefficient (Wildman–Crippen LogP) is 3.81. The van der Waals surface area contributed by atoms with Gasteiger partial charge in [-0.3, -0.25) is 9.59 Å². The Morgan fingerprint density at radius 1 is 1.03 bits per heavy atom. The first-order valence-electron chi connectivity index (χ1n) is 10.7. The number of carbonyl (C=O) groups excluding carboxylic acids is 1. The van der Waals surface area contributed by atoms with Crippen molar-refractivity contribution in [1.29, 1.82) is 0 Å². The Hall–Kier alpha value is -3.21. The van der Waals surface area contributed by atoms with Crippen molar-refractivity contribution in [1.82, 2.24) is 15.3 Å². The van der Waals surface area contributed by atoms with Crippen molar-refractivity contribution in [2.75, 3.05) is 0 Å². The Morgan fingerprint density at radius 3 is 2.47 bits per heavy atom. The summed E-state index contributed by atoms with van der Waals surface area (Å²) >= 11 is 0. The van der Waals surface area contributed by atoms with Crippen LogP contribution in [0.1, 0.15) is 42.1 Å². The molecule has 1 unspecified atom stereocenters. The molecule has 1 aliphatic rings. The molecule has 2 aromatic carbocycles. The topological polar surface area (TPSA) is 74.8 Å². The molecular formula is C25H27N3O2. The van der Waals surface area contributed by atoms with Gasteiger partial charge in [0.05, 0.1) is 5.69 Å². The van der Waals surface area contributed by atoms with E-state index in [0.29, 0.717) is 38.1 Å². The average Bonchev–Trinajstić information content (AvgIpc) is 3.01. The van der Waals surface area contributed by atoms with E-state index in [4.69, 9.17) is 4.98 Å². The van der Waals surface area contributed by atoms with E-state index in [-0.39, 0.29) is 17.4 Å². The summed E-state index contributed by atoms with van der Waals surface area (Å²) in [6, 6.07) is 18.0. The smallest absolute Gasteiger partial charge is 0.254 e. The lowest BCUT2D eigenvalue weighted by molar-refractivity contribution is -0.125. The second kappa shape index (κ2) is 9.08. The molecule has 0 spiro atoms. The maximum absolute atomic E-state index is 12.8. The van der Waals surface area contributed by atoms with E-state index < -0.39 is 0 Å². The number of aromatic amines is 1. The van der Waals surface area contributed by atoms with Gasteiger partial charge in [-0.25, -0.2) is 4.98 Å². The van der Waals surface area contributed by atoms with E-state index in [0.717, 1.165) is 28.8 Å². The second-order valence-electron chi connectivity index (χ2n) is 7.87. The molecule has 0 saturated heterocycles. The molecule has 0 radical (unpaired) electrons. The highest BCUT2D eigenvalue weighted by molar-refractivity contribution is 5.78. The van der Waals surface area contributed by atoms with Crippen LogP contribution in [0.2, 0.25) is 0 Å². The average molecular weight is 402 g/mol. The van der Waals surface area contributed by atoms with Crippen molar-refractivity contribution in [2.45, 2.75) is 45.6 Å². The molecule has 0 bridgehead atoms. The lowest BCUT2D eigenvalue weighted by Crippen LogP contribution is -2.30. The number of benzene rings is 2. The third-order valence-corrected chi connectivity index (χ3v) is 5.89. The van der Waals surface area contributed by atoms with Gasteiger partial charge in [0.1, 0.15) is 5.82 Å². The summed E-state index contributed by atoms with van der Waals surface area (Å²) in [5.41, 5.74) is 4.74. The minimum atomic E-state index is -0.103. The van der Waals surface area contributed by atoms with Gasteiger partial charge in [0.25, 0.3) is 5.56 Å². The Morgan fingerprint density at radius 2 is 1.73 bits per heavy atom. The minimum absolute atomic E-state index is 0.0575. The van der Waals surface area contributed by atoms with Crippen molar-refractivity contribution in [3.05, 3.63) is 87.3 Å². The lowest BCUT2D eigenvalue weighted by Gasteiger charge is -2.14. The molecule has 1 aliphatic carbocycles. The fourth-order valence-electron chi connectivity index (χ4n) is 4.00. The number of nitrogens with zero attached hydrogens (tertiary/aromatic N) is 1. The van der Waals surface area contributed by atoms with Crippen molar-refractivity contribution in [3.63, 3.8) is 0 Å². The number of hydrogen-bond acceptors (Lipinski definition) is 3. The van der Waals surface area contributed by atoms with Gasteiger partial charge in [-0.2, -0.15) is 0 Å². The minimum Gasteiger partial charge on any atom is -0.352 e. The molecule has 3 aromatic rings. The summed E-state index contributed by atoms with van der Waals surface area (Å²) in [6.07, 6.45) is 3.61. The number of aryl methyl sites for hydroxylation is 2. The van der Waals surface area contributed by atoms with Crippen LogP contribution >= 0.6 is 0 Å². The molecule has 2 N–H and O–H groups in total. The molecule has 1 heterocycles. The van der Waals surface area contributed by atoms with Crippen LogP contribution in [0.4, 0.5) is 0 Å². The maximum atomic E-state index is 12.8. The number of rotatable bonds is 5. The summed E-state index contributed by atoms with van der Waals surface area (Å²) in [5.74, 6) is 0.550. The highest BCUT2D eigenvalue weighted by Gasteiger charge is 2.25. The molecule has 0 fully saturated rings. The van der Waals surface area contributed by atoms with Crippen LogP contribution in [-0.2, 0) is 30.6 Å². The third-order valence-electron chi connectivity index (χ3n) is 5.89. The molecule has 4 rings (SSSR count). The van der Waals surface area contributed by atoms with Gasteiger partial charge in [-0.15, -0.1) is 0 Å². The number of H-pyrrole nitrogens is 1. The maximum Gasteiger partial charge on any atom is 0.254 e. The molecule has 1 aromatic heterocycles. The van der Waals surface area contributed by atoms with Crippen LogP contribution in [0, 0.1) is 5.92 Å². The first-order chi connectivity index (χ1) is 14.6. The number of hydrogen-bond donors (Lipinski definition) is 2. The predicted molar refractivity (Wildman–Crippen MR) is 118 cm³/mol. The van der Waals surface area contributed by atoms with Crippen LogP contribution in [0.3, 0.4) is 0 Å².